The van der Waals surface area contributed by atoms with Crippen molar-refractivity contribution in [2.75, 3.05) is 18.7 Å². The second-order valence-electron chi connectivity index (χ2n) is 8.06. The minimum atomic E-state index is -4.84. The Morgan fingerprint density at radius 2 is 1.78 bits per heavy atom. The van der Waals surface area contributed by atoms with Gasteiger partial charge in [-0.1, -0.05) is 30.3 Å². The summed E-state index contributed by atoms with van der Waals surface area (Å²) in [5, 5.41) is 6.53. The normalized spacial score (nSPS) is 12.1. The van der Waals surface area contributed by atoms with E-state index < -0.39 is 33.3 Å². The van der Waals surface area contributed by atoms with Gasteiger partial charge in [-0.3, -0.25) is 9.48 Å². The van der Waals surface area contributed by atoms with Crippen molar-refractivity contribution < 1.29 is 31.1 Å². The number of ether oxygens (including phenoxy) is 1. The minimum Gasteiger partial charge on any atom is -0.481 e. The molecule has 2 aromatic carbocycles. The highest BCUT2D eigenvalue weighted by Crippen LogP contribution is 2.36. The molecular formula is C24H21F3N4O4S. The number of nitrogens with one attached hydrogen (secondary N) is 1. The first kappa shape index (κ1) is 25.2. The first-order chi connectivity index (χ1) is 16.9. The van der Waals surface area contributed by atoms with Crippen LogP contribution in [0, 0.1) is 6.92 Å². The predicted octanol–water partition coefficient (Wildman–Crippen LogP) is 4.47. The molecule has 2 heterocycles. The maximum absolute atomic E-state index is 13.9. The van der Waals surface area contributed by atoms with E-state index in [9.17, 15) is 26.4 Å². The Bertz CT molecular complexity index is 1560. The van der Waals surface area contributed by atoms with Gasteiger partial charge in [0.05, 0.1) is 41.0 Å². The van der Waals surface area contributed by atoms with Crippen LogP contribution in [0.5, 0.6) is 5.88 Å². The van der Waals surface area contributed by atoms with Crippen molar-refractivity contribution in [2.45, 2.75) is 24.5 Å². The van der Waals surface area contributed by atoms with Crippen molar-refractivity contribution in [3.63, 3.8) is 0 Å². The Hall–Kier alpha value is -3.93. The Kier molecular flexibility index (Phi) is 6.48. The van der Waals surface area contributed by atoms with Gasteiger partial charge >= 0.3 is 6.18 Å². The number of rotatable bonds is 6. The number of amides is 1. The molecule has 1 amide bonds. The van der Waals surface area contributed by atoms with Crippen LogP contribution < -0.4 is 10.1 Å². The van der Waals surface area contributed by atoms with Crippen LogP contribution in [-0.2, 0) is 22.6 Å². The van der Waals surface area contributed by atoms with Gasteiger partial charge in [0.25, 0.3) is 5.91 Å². The van der Waals surface area contributed by atoms with E-state index in [4.69, 9.17) is 4.74 Å². The van der Waals surface area contributed by atoms with E-state index in [0.29, 0.717) is 16.5 Å². The third-order valence-corrected chi connectivity index (χ3v) is 6.67. The van der Waals surface area contributed by atoms with Gasteiger partial charge in [0.1, 0.15) is 0 Å². The average Bonchev–Trinajstić information content (AvgIpc) is 3.13. The molecule has 36 heavy (non-hydrogen) atoms. The van der Waals surface area contributed by atoms with Crippen LogP contribution in [0.4, 0.5) is 18.9 Å². The van der Waals surface area contributed by atoms with E-state index in [2.05, 4.69) is 15.4 Å². The second kappa shape index (κ2) is 9.26. The number of carbonyl (C=O) groups excluding carboxylic acids is 1. The highest BCUT2D eigenvalue weighted by Gasteiger charge is 2.39. The number of sulfone groups is 1. The number of fused-ring (bicyclic) bond motifs is 1. The summed E-state index contributed by atoms with van der Waals surface area (Å²) in [7, 11) is -2.04. The molecule has 12 heteroatoms. The SMILES string of the molecule is COc1cc(C(=O)Nc2c(C(F)(F)F)nn(Cc3ccc(S(C)(=O)=O)cc3)c2C)c2ccccc2n1. The van der Waals surface area contributed by atoms with Crippen LogP contribution in [-0.4, -0.2) is 42.5 Å². The Balaban J connectivity index is 1.72. The summed E-state index contributed by atoms with van der Waals surface area (Å²) in [6, 6.07) is 13.8. The summed E-state index contributed by atoms with van der Waals surface area (Å²) in [5.41, 5.74) is -0.568. The van der Waals surface area contributed by atoms with Crippen LogP contribution >= 0.6 is 0 Å². The lowest BCUT2D eigenvalue weighted by atomic mass is 10.1. The van der Waals surface area contributed by atoms with Gasteiger partial charge in [-0.05, 0) is 30.7 Å². The topological polar surface area (TPSA) is 103 Å². The van der Waals surface area contributed by atoms with Gasteiger partial charge in [-0.15, -0.1) is 0 Å². The van der Waals surface area contributed by atoms with Crippen LogP contribution in [0.1, 0.15) is 27.3 Å². The van der Waals surface area contributed by atoms with Crippen LogP contribution in [0.2, 0.25) is 0 Å². The summed E-state index contributed by atoms with van der Waals surface area (Å²) in [4.78, 5) is 17.5. The second-order valence-corrected chi connectivity index (χ2v) is 10.1. The lowest BCUT2D eigenvalue weighted by Gasteiger charge is -2.12. The molecule has 0 bridgehead atoms. The summed E-state index contributed by atoms with van der Waals surface area (Å²) >= 11 is 0. The van der Waals surface area contributed by atoms with Gasteiger partial charge in [-0.2, -0.15) is 18.3 Å². The number of carbonyl (C=O) groups is 1. The van der Waals surface area contributed by atoms with Crippen LogP contribution in [0.3, 0.4) is 0 Å². The van der Waals surface area contributed by atoms with Gasteiger partial charge in [0.2, 0.25) is 5.88 Å². The van der Waals surface area contributed by atoms with Crippen LogP contribution in [0.25, 0.3) is 10.9 Å². The number of benzene rings is 2. The fraction of sp³-hybridized carbons (Fsp3) is 0.208. The van der Waals surface area contributed by atoms with Crippen molar-refractivity contribution in [2.24, 2.45) is 0 Å². The van der Waals surface area contributed by atoms with Crippen molar-refractivity contribution >= 4 is 32.3 Å². The smallest absolute Gasteiger partial charge is 0.437 e. The summed E-state index contributed by atoms with van der Waals surface area (Å²) in [6.07, 6.45) is -3.78. The fourth-order valence-electron chi connectivity index (χ4n) is 3.69. The lowest BCUT2D eigenvalue weighted by molar-refractivity contribution is -0.140. The minimum absolute atomic E-state index is 0.0686. The Morgan fingerprint density at radius 1 is 1.11 bits per heavy atom. The maximum Gasteiger partial charge on any atom is 0.437 e. The first-order valence-electron chi connectivity index (χ1n) is 10.6. The highest BCUT2D eigenvalue weighted by atomic mass is 32.2. The zero-order valence-electron chi connectivity index (χ0n) is 19.4. The van der Waals surface area contributed by atoms with E-state index in [0.717, 1.165) is 10.9 Å². The number of para-hydroxylation sites is 1. The molecule has 0 aliphatic rings. The molecular weight excluding hydrogens is 497 g/mol. The molecule has 0 spiro atoms. The lowest BCUT2D eigenvalue weighted by Crippen LogP contribution is -2.17. The van der Waals surface area contributed by atoms with Crippen molar-refractivity contribution in [3.05, 3.63) is 77.1 Å². The molecule has 0 unspecified atom stereocenters. The number of hydrogen-bond donors (Lipinski definition) is 1. The molecule has 8 nitrogen and oxygen atoms in total. The average molecular weight is 519 g/mol. The molecule has 188 valence electrons. The summed E-state index contributed by atoms with van der Waals surface area (Å²) < 4.78 is 71.2. The number of alkyl halides is 3. The van der Waals surface area contributed by atoms with Gasteiger partial charge in [-0.25, -0.2) is 13.4 Å². The molecule has 0 aliphatic heterocycles. The van der Waals surface area contributed by atoms with Crippen LogP contribution in [0.15, 0.2) is 59.5 Å². The van der Waals surface area contributed by atoms with Crippen molar-refractivity contribution in [3.8, 4) is 5.88 Å². The number of anilines is 1. The first-order valence-corrected chi connectivity index (χ1v) is 12.5. The summed E-state index contributed by atoms with van der Waals surface area (Å²) in [5.74, 6) is -0.641. The van der Waals surface area contributed by atoms with E-state index >= 15 is 0 Å². The van der Waals surface area contributed by atoms with E-state index in [1.54, 1.807) is 24.3 Å². The molecule has 4 rings (SSSR count). The molecule has 2 aromatic heterocycles. The summed E-state index contributed by atoms with van der Waals surface area (Å²) in [6.45, 7) is 1.34. The van der Waals surface area contributed by atoms with Gasteiger partial charge < -0.3 is 10.1 Å². The quantitative estimate of drug-likeness (QED) is 0.404. The standard InChI is InChI=1S/C24H21F3N4O4S/c1-14-21(29-23(32)18-12-20(35-2)28-19-7-5-4-6-17(18)19)22(24(25,26)27)30-31(14)13-15-8-10-16(11-9-15)36(3,33)34/h4-12H,13H2,1-3H3,(H,29,32). The Labute approximate surface area is 204 Å². The number of methoxy groups -OCH3 is 1. The van der Waals surface area contributed by atoms with E-state index in [1.165, 1.54) is 44.4 Å². The largest absolute Gasteiger partial charge is 0.481 e. The molecule has 0 radical (unpaired) electrons. The molecule has 4 aromatic rings. The zero-order valence-corrected chi connectivity index (χ0v) is 20.2. The zero-order chi connectivity index (χ0) is 26.3. The maximum atomic E-state index is 13.9. The third kappa shape index (κ3) is 5.03. The molecule has 0 atom stereocenters. The molecule has 0 saturated carbocycles. The molecule has 0 saturated heterocycles. The fourth-order valence-corrected chi connectivity index (χ4v) is 4.32. The molecule has 1 N–H and O–H groups in total. The third-order valence-electron chi connectivity index (χ3n) is 5.54. The number of hydrogen-bond acceptors (Lipinski definition) is 6. The Morgan fingerprint density at radius 3 is 2.39 bits per heavy atom. The molecule has 0 aliphatic carbocycles. The number of aromatic nitrogens is 3. The number of pyridine rings is 1. The van der Waals surface area contributed by atoms with Gasteiger partial charge in [0.15, 0.2) is 15.5 Å². The van der Waals surface area contributed by atoms with E-state index in [1.807, 2.05) is 0 Å². The predicted molar refractivity (Wildman–Crippen MR) is 127 cm³/mol. The monoisotopic (exact) mass is 518 g/mol. The van der Waals surface area contributed by atoms with Gasteiger partial charge in [0, 0.05) is 17.7 Å². The molecule has 0 fully saturated rings. The van der Waals surface area contributed by atoms with Crippen molar-refractivity contribution in [1.82, 2.24) is 14.8 Å². The van der Waals surface area contributed by atoms with E-state index in [-0.39, 0.29) is 28.6 Å². The number of halogens is 3. The van der Waals surface area contributed by atoms with Crippen molar-refractivity contribution in [1.29, 1.82) is 0 Å². The number of nitrogens with zero attached hydrogens (tertiary/aromatic N) is 3. The highest BCUT2D eigenvalue weighted by molar-refractivity contribution is 7.90.